The van der Waals surface area contributed by atoms with Gasteiger partial charge in [0.05, 0.1) is 17.3 Å². The second-order valence-electron chi connectivity index (χ2n) is 9.58. The van der Waals surface area contributed by atoms with Crippen LogP contribution < -0.4 is 15.8 Å². The number of carboxylic acids is 1. The number of pyridine rings is 1. The number of hydrogen-bond donors (Lipinski definition) is 4. The number of phenolic OH excluding ortho intramolecular Hbond substituents is 1. The van der Waals surface area contributed by atoms with E-state index in [1.807, 2.05) is 17.1 Å². The molecule has 5 rings (SSSR count). The second kappa shape index (κ2) is 14.2. The maximum absolute atomic E-state index is 13.9. The van der Waals surface area contributed by atoms with Gasteiger partial charge in [-0.15, -0.1) is 0 Å². The van der Waals surface area contributed by atoms with Gasteiger partial charge in [0.2, 0.25) is 0 Å². The molecule has 0 amide bonds. The van der Waals surface area contributed by atoms with Gasteiger partial charge in [-0.2, -0.15) is 5.10 Å². The van der Waals surface area contributed by atoms with E-state index in [1.54, 1.807) is 31.3 Å². The molecule has 0 spiro atoms. The Balaban J connectivity index is 0.000000283. The molecule has 9 nitrogen and oxygen atoms in total. The Kier molecular flexibility index (Phi) is 10.4. The van der Waals surface area contributed by atoms with Crippen LogP contribution >= 0.6 is 23.2 Å². The van der Waals surface area contributed by atoms with E-state index in [9.17, 15) is 9.18 Å². The summed E-state index contributed by atoms with van der Waals surface area (Å²) in [6, 6.07) is 11.1. The minimum Gasteiger partial charge on any atom is -0.508 e. The number of benzene rings is 2. The summed E-state index contributed by atoms with van der Waals surface area (Å²) in [5.74, 6) is -0.784. The van der Waals surface area contributed by atoms with Crippen LogP contribution in [-0.4, -0.2) is 44.0 Å². The average molecular weight is 615 g/mol. The Labute approximate surface area is 252 Å². The summed E-state index contributed by atoms with van der Waals surface area (Å²) in [4.78, 5) is 14.4. The summed E-state index contributed by atoms with van der Waals surface area (Å²) in [5, 5.41) is 25.3. The first-order valence-corrected chi connectivity index (χ1v) is 13.9. The van der Waals surface area contributed by atoms with Gasteiger partial charge in [-0.3, -0.25) is 4.68 Å². The molecule has 2 aromatic carbocycles. The number of aromatic nitrogens is 3. The van der Waals surface area contributed by atoms with Gasteiger partial charge in [0.15, 0.2) is 11.6 Å². The number of nitrogen functional groups attached to an aromatic ring is 1. The van der Waals surface area contributed by atoms with Crippen LogP contribution in [0.2, 0.25) is 10.0 Å². The Bertz CT molecular complexity index is 1560. The lowest BCUT2D eigenvalue weighted by atomic mass is 10.1. The number of aliphatic carboxylic acids is 1. The van der Waals surface area contributed by atoms with Crippen LogP contribution in [0.5, 0.6) is 11.5 Å². The molecule has 2 aromatic heterocycles. The van der Waals surface area contributed by atoms with E-state index in [0.717, 1.165) is 48.7 Å². The quantitative estimate of drug-likeness (QED) is 0.136. The minimum absolute atomic E-state index is 0.0686. The number of phenols is 1. The number of ether oxygens (including phenoxy) is 1. The molecule has 1 fully saturated rings. The predicted octanol–water partition coefficient (Wildman–Crippen LogP) is 6.53. The van der Waals surface area contributed by atoms with Crippen molar-refractivity contribution >= 4 is 41.1 Å². The highest BCUT2D eigenvalue weighted by atomic mass is 35.5. The SMILES string of the molecule is C[C@@H](Oc1cc(-c2cnn(C3CCNCC3)c2)cnc1N)c1c(Cl)ccc(F)c1Cl.O=C(O)/C=C/c1ccc(O)cc1. The molecule has 0 unspecified atom stereocenters. The molecular formula is C30H30Cl2FN5O4. The van der Waals surface area contributed by atoms with Crippen LogP contribution in [0.3, 0.4) is 0 Å². The standard InChI is InChI=1S/C21H22Cl2FN5O.C9H8O3/c1-12(19-16(22)2-3-17(24)20(19)23)30-18-8-13(9-27-21(18)25)14-10-28-29(11-14)15-4-6-26-7-5-15;10-8-4-1-7(2-5-8)3-6-9(11)12/h2-3,8-12,15,26H,4-7H2,1H3,(H2,25,27);1-6,10H,(H,11,12)/b;6-3+/t12-;/m1./s1. The van der Waals surface area contributed by atoms with E-state index in [4.69, 9.17) is 43.9 Å². The van der Waals surface area contributed by atoms with E-state index in [1.165, 1.54) is 30.3 Å². The van der Waals surface area contributed by atoms with E-state index in [0.29, 0.717) is 22.4 Å². The van der Waals surface area contributed by atoms with Crippen molar-refractivity contribution in [2.45, 2.75) is 31.9 Å². The van der Waals surface area contributed by atoms with E-state index in [2.05, 4.69) is 15.4 Å². The monoisotopic (exact) mass is 613 g/mol. The average Bonchev–Trinajstić information content (AvgIpc) is 3.47. The highest BCUT2D eigenvalue weighted by Crippen LogP contribution is 2.37. The van der Waals surface area contributed by atoms with Crippen molar-refractivity contribution in [3.63, 3.8) is 0 Å². The number of rotatable bonds is 7. The molecule has 0 saturated carbocycles. The van der Waals surface area contributed by atoms with Gasteiger partial charge in [-0.1, -0.05) is 35.3 Å². The van der Waals surface area contributed by atoms with E-state index >= 15 is 0 Å². The van der Waals surface area contributed by atoms with Crippen molar-refractivity contribution in [3.8, 4) is 22.6 Å². The van der Waals surface area contributed by atoms with Crippen molar-refractivity contribution in [3.05, 3.63) is 94.1 Å². The third-order valence-electron chi connectivity index (χ3n) is 6.60. The Hall–Kier alpha value is -4.12. The molecule has 3 heterocycles. The van der Waals surface area contributed by atoms with E-state index < -0.39 is 17.9 Å². The number of hydrogen-bond acceptors (Lipinski definition) is 7. The number of nitrogens with one attached hydrogen (secondary N) is 1. The largest absolute Gasteiger partial charge is 0.508 e. The van der Waals surface area contributed by atoms with Crippen molar-refractivity contribution < 1.29 is 24.1 Å². The molecule has 0 radical (unpaired) electrons. The van der Waals surface area contributed by atoms with Crippen LogP contribution in [0.25, 0.3) is 17.2 Å². The van der Waals surface area contributed by atoms with Crippen LogP contribution in [-0.2, 0) is 4.79 Å². The highest BCUT2D eigenvalue weighted by Gasteiger charge is 2.21. The molecule has 1 atom stereocenters. The van der Waals surface area contributed by atoms with Gasteiger partial charge in [-0.05, 0) is 74.8 Å². The lowest BCUT2D eigenvalue weighted by Gasteiger charge is -2.22. The zero-order valence-corrected chi connectivity index (χ0v) is 24.2. The van der Waals surface area contributed by atoms with Crippen molar-refractivity contribution in [2.75, 3.05) is 18.8 Å². The fourth-order valence-corrected chi connectivity index (χ4v) is 5.06. The number of aromatic hydroxyl groups is 1. The molecule has 42 heavy (non-hydrogen) atoms. The van der Waals surface area contributed by atoms with Crippen molar-refractivity contribution in [2.24, 2.45) is 0 Å². The van der Waals surface area contributed by atoms with Crippen LogP contribution in [0.4, 0.5) is 10.2 Å². The maximum atomic E-state index is 13.9. The number of halogens is 3. The normalized spacial score (nSPS) is 14.3. The van der Waals surface area contributed by atoms with Crippen molar-refractivity contribution in [1.29, 1.82) is 0 Å². The fourth-order valence-electron chi connectivity index (χ4n) is 4.38. The summed E-state index contributed by atoms with van der Waals surface area (Å²) in [5.41, 5.74) is 8.87. The zero-order valence-electron chi connectivity index (χ0n) is 22.7. The molecule has 1 aliphatic heterocycles. The van der Waals surface area contributed by atoms with Gasteiger partial charge < -0.3 is 26.0 Å². The molecule has 0 bridgehead atoms. The maximum Gasteiger partial charge on any atom is 0.328 e. The fraction of sp³-hybridized carbons (Fsp3) is 0.233. The zero-order chi connectivity index (χ0) is 30.2. The van der Waals surface area contributed by atoms with Crippen molar-refractivity contribution in [1.82, 2.24) is 20.1 Å². The van der Waals surface area contributed by atoms with E-state index in [-0.39, 0.29) is 16.6 Å². The minimum atomic E-state index is -0.983. The number of carboxylic acid groups (broad SMARTS) is 1. The first-order valence-electron chi connectivity index (χ1n) is 13.1. The van der Waals surface area contributed by atoms with Gasteiger partial charge in [0.25, 0.3) is 0 Å². The van der Waals surface area contributed by atoms with Gasteiger partial charge in [-0.25, -0.2) is 14.2 Å². The Morgan fingerprint density at radius 2 is 1.88 bits per heavy atom. The molecule has 1 saturated heterocycles. The first kappa shape index (κ1) is 30.8. The molecule has 220 valence electrons. The summed E-state index contributed by atoms with van der Waals surface area (Å²) >= 11 is 12.3. The van der Waals surface area contributed by atoms with Gasteiger partial charge in [0, 0.05) is 40.2 Å². The summed E-state index contributed by atoms with van der Waals surface area (Å²) in [7, 11) is 0. The summed E-state index contributed by atoms with van der Waals surface area (Å²) < 4.78 is 21.9. The second-order valence-corrected chi connectivity index (χ2v) is 10.4. The first-order chi connectivity index (χ1) is 20.1. The number of piperidine rings is 1. The van der Waals surface area contributed by atoms with Crippen LogP contribution in [0, 0.1) is 5.82 Å². The highest BCUT2D eigenvalue weighted by molar-refractivity contribution is 6.36. The molecule has 1 aliphatic rings. The lowest BCUT2D eigenvalue weighted by molar-refractivity contribution is -0.131. The predicted molar refractivity (Wildman–Crippen MR) is 161 cm³/mol. The Morgan fingerprint density at radius 1 is 1.17 bits per heavy atom. The Morgan fingerprint density at radius 3 is 2.57 bits per heavy atom. The molecule has 5 N–H and O–H groups in total. The third-order valence-corrected chi connectivity index (χ3v) is 7.31. The molecule has 0 aliphatic carbocycles. The topological polar surface area (TPSA) is 136 Å². The van der Waals surface area contributed by atoms with Crippen LogP contribution in [0.15, 0.2) is 67.1 Å². The number of nitrogens with zero attached hydrogens (tertiary/aromatic N) is 3. The van der Waals surface area contributed by atoms with Crippen LogP contribution in [0.1, 0.15) is 43.0 Å². The smallest absolute Gasteiger partial charge is 0.328 e. The van der Waals surface area contributed by atoms with Gasteiger partial charge >= 0.3 is 5.97 Å². The summed E-state index contributed by atoms with van der Waals surface area (Å²) in [6.45, 7) is 3.71. The molecule has 12 heteroatoms. The molecular weight excluding hydrogens is 584 g/mol. The summed E-state index contributed by atoms with van der Waals surface area (Å²) in [6.07, 6.45) is 9.47. The molecule has 4 aromatic rings. The number of anilines is 1. The number of nitrogens with two attached hydrogens (primary N) is 1. The van der Waals surface area contributed by atoms with Gasteiger partial charge in [0.1, 0.15) is 17.7 Å². The number of carbonyl (C=O) groups is 1. The third kappa shape index (κ3) is 8.00. The lowest BCUT2D eigenvalue weighted by Crippen LogP contribution is -2.29.